The average Bonchev–Trinajstić information content (AvgIpc) is 2.51. The number of aromatic hydroxyl groups is 1. The fourth-order valence-electron chi connectivity index (χ4n) is 2.94. The van der Waals surface area contributed by atoms with Gasteiger partial charge in [-0.3, -0.25) is 4.57 Å². The van der Waals surface area contributed by atoms with Gasteiger partial charge in [0.1, 0.15) is 5.75 Å². The van der Waals surface area contributed by atoms with Gasteiger partial charge in [-0.2, -0.15) is 0 Å². The van der Waals surface area contributed by atoms with E-state index in [-0.39, 0.29) is 18.0 Å². The predicted octanol–water partition coefficient (Wildman–Crippen LogP) is 5.10. The van der Waals surface area contributed by atoms with Crippen molar-refractivity contribution in [2.45, 2.75) is 40.0 Å². The Labute approximate surface area is 154 Å². The molecule has 0 saturated carbocycles. The summed E-state index contributed by atoms with van der Waals surface area (Å²) in [5.41, 5.74) is 4.35. The van der Waals surface area contributed by atoms with Gasteiger partial charge in [0.2, 0.25) is 7.37 Å². The Morgan fingerprint density at radius 1 is 1.15 bits per heavy atom. The van der Waals surface area contributed by atoms with Gasteiger partial charge < -0.3 is 14.7 Å². The largest absolute Gasteiger partial charge is 0.505 e. The lowest BCUT2D eigenvalue weighted by atomic mass is 9.92. The summed E-state index contributed by atoms with van der Waals surface area (Å²) in [7, 11) is -3.24. The molecule has 0 aromatic heterocycles. The van der Waals surface area contributed by atoms with E-state index in [0.717, 1.165) is 22.3 Å². The molecule has 0 aliphatic rings. The molecule has 2 aromatic carbocycles. The maximum absolute atomic E-state index is 14.1. The molecule has 0 amide bonds. The topological polar surface area (TPSA) is 66.8 Å². The number of hydrogen-bond acceptors (Lipinski definition) is 3. The van der Waals surface area contributed by atoms with Gasteiger partial charge in [0.25, 0.3) is 0 Å². The summed E-state index contributed by atoms with van der Waals surface area (Å²) in [6, 6.07) is 6.84. The molecule has 2 N–H and O–H groups in total. The van der Waals surface area contributed by atoms with Crippen LogP contribution in [0.3, 0.4) is 0 Å². The number of aryl methyl sites for hydroxylation is 2. The van der Waals surface area contributed by atoms with Crippen LogP contribution in [0.1, 0.15) is 47.6 Å². The van der Waals surface area contributed by atoms with Crippen LogP contribution in [0.15, 0.2) is 24.3 Å². The van der Waals surface area contributed by atoms with E-state index < -0.39 is 13.2 Å². The minimum Gasteiger partial charge on any atom is -0.505 e. The number of rotatable bonds is 6. The van der Waals surface area contributed by atoms with E-state index in [2.05, 4.69) is 0 Å². The van der Waals surface area contributed by atoms with Crippen LogP contribution in [-0.4, -0.2) is 23.0 Å². The van der Waals surface area contributed by atoms with Crippen LogP contribution in [0.2, 0.25) is 0 Å². The van der Waals surface area contributed by atoms with Gasteiger partial charge >= 0.3 is 0 Å². The minimum atomic E-state index is -3.24. The average molecular weight is 380 g/mol. The molecule has 0 bridgehead atoms. The summed E-state index contributed by atoms with van der Waals surface area (Å²) < 4.78 is 30.9. The van der Waals surface area contributed by atoms with Crippen molar-refractivity contribution >= 4 is 7.37 Å². The van der Waals surface area contributed by atoms with E-state index in [1.807, 2.05) is 45.9 Å². The molecule has 1 atom stereocenters. The lowest BCUT2D eigenvalue weighted by Crippen LogP contribution is -2.02. The SMILES string of the molecule is Cc1cc(OCP(C)(=O)O)cc(C)c1Cc1cc(F)c(O)c(C(C)C)c1. The smallest absolute Gasteiger partial charge is 0.233 e. The first-order valence-corrected chi connectivity index (χ1v) is 10.8. The third-order valence-corrected chi connectivity index (χ3v) is 4.90. The van der Waals surface area contributed by atoms with Crippen LogP contribution in [0.4, 0.5) is 4.39 Å². The third-order valence-electron chi connectivity index (χ3n) is 4.30. The number of halogens is 1. The number of phenolic OH excluding ortho intramolecular Hbond substituents is 1. The van der Waals surface area contributed by atoms with Gasteiger partial charge in [-0.05, 0) is 72.2 Å². The van der Waals surface area contributed by atoms with Gasteiger partial charge in [-0.1, -0.05) is 19.9 Å². The van der Waals surface area contributed by atoms with Gasteiger partial charge in [0.05, 0.1) is 0 Å². The normalized spacial score (nSPS) is 13.7. The van der Waals surface area contributed by atoms with Crippen molar-refractivity contribution in [1.29, 1.82) is 0 Å². The highest BCUT2D eigenvalue weighted by atomic mass is 31.2. The zero-order valence-corrected chi connectivity index (χ0v) is 16.7. The molecule has 0 fully saturated rings. The van der Waals surface area contributed by atoms with E-state index >= 15 is 0 Å². The number of phenols is 1. The van der Waals surface area contributed by atoms with Crippen LogP contribution in [0.5, 0.6) is 11.5 Å². The molecule has 0 radical (unpaired) electrons. The highest BCUT2D eigenvalue weighted by Crippen LogP contribution is 2.36. The van der Waals surface area contributed by atoms with E-state index in [1.165, 1.54) is 12.7 Å². The van der Waals surface area contributed by atoms with Crippen molar-refractivity contribution in [1.82, 2.24) is 0 Å². The van der Waals surface area contributed by atoms with Crippen LogP contribution < -0.4 is 4.74 Å². The summed E-state index contributed by atoms with van der Waals surface area (Å²) in [6.07, 6.45) is 0.299. The summed E-state index contributed by atoms with van der Waals surface area (Å²) in [5.74, 6) is -0.331. The molecule has 1 unspecified atom stereocenters. The Morgan fingerprint density at radius 2 is 1.73 bits per heavy atom. The van der Waals surface area contributed by atoms with Crippen molar-refractivity contribution in [3.05, 3.63) is 57.9 Å². The van der Waals surface area contributed by atoms with Crippen molar-refractivity contribution in [2.75, 3.05) is 13.0 Å². The number of hydrogen-bond donors (Lipinski definition) is 2. The Morgan fingerprint density at radius 3 is 2.23 bits per heavy atom. The standard InChI is InChI=1S/C20H26FO4P/c1-12(2)17-8-15(10-19(21)20(17)22)9-18-13(3)6-16(7-14(18)4)25-11-26(5,23)24/h6-8,10,12,22H,9,11H2,1-5H3,(H,23,24). The molecule has 6 heteroatoms. The van der Waals surface area contributed by atoms with Gasteiger partial charge in [0.15, 0.2) is 17.9 Å². The maximum atomic E-state index is 14.1. The molecule has 2 aromatic rings. The highest BCUT2D eigenvalue weighted by Gasteiger charge is 2.16. The highest BCUT2D eigenvalue weighted by molar-refractivity contribution is 7.56. The first kappa shape index (κ1) is 20.5. The van der Waals surface area contributed by atoms with Gasteiger partial charge in [0, 0.05) is 6.66 Å². The molecular formula is C20H26FO4P. The van der Waals surface area contributed by atoms with Crippen molar-refractivity contribution in [3.63, 3.8) is 0 Å². The van der Waals surface area contributed by atoms with E-state index in [1.54, 1.807) is 0 Å². The fourth-order valence-corrected chi connectivity index (χ4v) is 3.32. The first-order chi connectivity index (χ1) is 12.0. The Bertz CT molecular complexity index is 832. The zero-order chi connectivity index (χ0) is 19.6. The molecule has 0 aliphatic heterocycles. The second-order valence-corrected chi connectivity index (χ2v) is 9.57. The molecule has 142 valence electrons. The zero-order valence-electron chi connectivity index (χ0n) is 15.8. The van der Waals surface area contributed by atoms with Gasteiger partial charge in [-0.25, -0.2) is 4.39 Å². The summed E-state index contributed by atoms with van der Waals surface area (Å²) in [6.45, 7) is 8.94. The minimum absolute atomic E-state index is 0.0191. The van der Waals surface area contributed by atoms with Crippen LogP contribution in [0, 0.1) is 19.7 Å². The fraction of sp³-hybridized carbons (Fsp3) is 0.400. The molecule has 0 heterocycles. The molecule has 4 nitrogen and oxygen atoms in total. The van der Waals surface area contributed by atoms with Crippen LogP contribution in [0.25, 0.3) is 0 Å². The van der Waals surface area contributed by atoms with Crippen LogP contribution in [-0.2, 0) is 11.0 Å². The molecule has 0 aliphatic carbocycles. The molecule has 0 saturated heterocycles. The summed E-state index contributed by atoms with van der Waals surface area (Å²) >= 11 is 0. The van der Waals surface area contributed by atoms with Crippen molar-refractivity contribution in [3.8, 4) is 11.5 Å². The predicted molar refractivity (Wildman–Crippen MR) is 102 cm³/mol. The Hall–Kier alpha value is -1.84. The van der Waals surface area contributed by atoms with Gasteiger partial charge in [-0.15, -0.1) is 0 Å². The molecule has 0 spiro atoms. The quantitative estimate of drug-likeness (QED) is 0.685. The van der Waals surface area contributed by atoms with E-state index in [4.69, 9.17) is 4.74 Å². The number of ether oxygens (including phenoxy) is 1. The Balaban J connectivity index is 2.32. The maximum Gasteiger partial charge on any atom is 0.233 e. The monoisotopic (exact) mass is 380 g/mol. The van der Waals surface area contributed by atoms with Crippen molar-refractivity contribution in [2.24, 2.45) is 0 Å². The third kappa shape index (κ3) is 5.09. The second-order valence-electron chi connectivity index (χ2n) is 7.21. The lowest BCUT2D eigenvalue weighted by Gasteiger charge is -2.16. The molecule has 2 rings (SSSR count). The molecule has 26 heavy (non-hydrogen) atoms. The second kappa shape index (κ2) is 7.81. The summed E-state index contributed by atoms with van der Waals surface area (Å²) in [5, 5.41) is 9.89. The summed E-state index contributed by atoms with van der Waals surface area (Å²) in [4.78, 5) is 9.36. The van der Waals surface area contributed by atoms with Crippen LogP contribution >= 0.6 is 7.37 Å². The lowest BCUT2D eigenvalue weighted by molar-refractivity contribution is 0.352. The Kier molecular flexibility index (Phi) is 6.15. The molecular weight excluding hydrogens is 354 g/mol. The van der Waals surface area contributed by atoms with Crippen molar-refractivity contribution < 1.29 is 23.7 Å². The van der Waals surface area contributed by atoms with E-state index in [0.29, 0.717) is 17.7 Å². The first-order valence-electron chi connectivity index (χ1n) is 8.51. The number of benzene rings is 2. The van der Waals surface area contributed by atoms with E-state index in [9.17, 15) is 19.0 Å².